The summed E-state index contributed by atoms with van der Waals surface area (Å²) in [6.07, 6.45) is 4.13. The van der Waals surface area contributed by atoms with Gasteiger partial charge in [-0.25, -0.2) is 0 Å². The van der Waals surface area contributed by atoms with Crippen LogP contribution in [0.1, 0.15) is 37.5 Å². The lowest BCUT2D eigenvalue weighted by Gasteiger charge is -2.18. The molecule has 0 amide bonds. The normalized spacial score (nSPS) is 11.7. The maximum absolute atomic E-state index is 5.59. The second kappa shape index (κ2) is 9.41. The van der Waals surface area contributed by atoms with Crippen molar-refractivity contribution in [3.8, 4) is 11.5 Å². The van der Waals surface area contributed by atoms with E-state index in [9.17, 15) is 0 Å². The zero-order chi connectivity index (χ0) is 19.0. The predicted octanol–water partition coefficient (Wildman–Crippen LogP) is 5.12. The Labute approximate surface area is 156 Å². The van der Waals surface area contributed by atoms with Gasteiger partial charge in [0.1, 0.15) is 0 Å². The van der Waals surface area contributed by atoms with Crippen LogP contribution in [0, 0.1) is 0 Å². The Morgan fingerprint density at radius 3 is 1.85 bits per heavy atom. The summed E-state index contributed by atoms with van der Waals surface area (Å²) < 4.78 is 21.0. The van der Waals surface area contributed by atoms with Crippen LogP contribution in [0.5, 0.6) is 11.5 Å². The molecule has 2 aromatic rings. The van der Waals surface area contributed by atoms with Crippen LogP contribution in [0.3, 0.4) is 0 Å². The van der Waals surface area contributed by atoms with Gasteiger partial charge in [-0.2, -0.15) is 0 Å². The van der Waals surface area contributed by atoms with E-state index in [-0.39, 0.29) is 19.0 Å². The van der Waals surface area contributed by atoms with Crippen LogP contribution < -0.4 is 9.47 Å². The second-order valence-corrected chi connectivity index (χ2v) is 7.01. The van der Waals surface area contributed by atoms with E-state index in [2.05, 4.69) is 51.1 Å². The lowest BCUT2D eigenvalue weighted by molar-refractivity contribution is 0.0322. The average molecular weight is 356 g/mol. The van der Waals surface area contributed by atoms with Crippen molar-refractivity contribution < 1.29 is 18.9 Å². The molecule has 0 fully saturated rings. The molecule has 0 atom stereocenters. The van der Waals surface area contributed by atoms with Gasteiger partial charge in [0, 0.05) is 14.2 Å². The molecule has 2 rings (SSSR count). The Morgan fingerprint density at radius 2 is 1.27 bits per heavy atom. The number of rotatable bonds is 8. The molecule has 0 saturated carbocycles. The Morgan fingerprint density at radius 1 is 0.731 bits per heavy atom. The molecule has 0 aromatic heterocycles. The molecular formula is C22H28O4. The summed E-state index contributed by atoms with van der Waals surface area (Å²) in [7, 11) is 3.17. The van der Waals surface area contributed by atoms with E-state index in [1.807, 2.05) is 24.3 Å². The molecule has 26 heavy (non-hydrogen) atoms. The van der Waals surface area contributed by atoms with Gasteiger partial charge >= 0.3 is 0 Å². The minimum atomic E-state index is 0.158. The Balaban J connectivity index is 2.15. The maximum Gasteiger partial charge on any atom is 0.188 e. The Kier molecular flexibility index (Phi) is 7.25. The Bertz CT molecular complexity index is 712. The first-order chi connectivity index (χ1) is 12.4. The summed E-state index contributed by atoms with van der Waals surface area (Å²) in [5.41, 5.74) is 3.65. The van der Waals surface area contributed by atoms with Crippen molar-refractivity contribution in [3.05, 3.63) is 59.2 Å². The van der Waals surface area contributed by atoms with E-state index in [0.717, 1.165) is 11.1 Å². The quantitative estimate of drug-likeness (QED) is 0.486. The molecule has 0 aliphatic carbocycles. The third-order valence-corrected chi connectivity index (χ3v) is 3.88. The van der Waals surface area contributed by atoms with Crippen molar-refractivity contribution in [1.82, 2.24) is 0 Å². The number of methoxy groups -OCH3 is 2. The fraction of sp³-hybridized carbons (Fsp3) is 0.364. The van der Waals surface area contributed by atoms with E-state index in [1.54, 1.807) is 14.2 Å². The number of ether oxygens (including phenoxy) is 4. The molecule has 0 unspecified atom stereocenters. The molecule has 4 nitrogen and oxygen atoms in total. The fourth-order valence-electron chi connectivity index (χ4n) is 2.39. The molecule has 0 heterocycles. The first-order valence-electron chi connectivity index (χ1n) is 8.60. The van der Waals surface area contributed by atoms with Crippen molar-refractivity contribution in [2.75, 3.05) is 27.8 Å². The lowest BCUT2D eigenvalue weighted by Crippen LogP contribution is -2.10. The van der Waals surface area contributed by atoms with Crippen molar-refractivity contribution in [2.45, 2.75) is 26.2 Å². The highest BCUT2D eigenvalue weighted by Gasteiger charge is 2.12. The third kappa shape index (κ3) is 5.90. The van der Waals surface area contributed by atoms with Crippen molar-refractivity contribution in [1.29, 1.82) is 0 Å². The zero-order valence-electron chi connectivity index (χ0n) is 16.2. The largest absolute Gasteiger partial charge is 0.464 e. The molecule has 2 aromatic carbocycles. The van der Waals surface area contributed by atoms with Gasteiger partial charge in [0.2, 0.25) is 0 Å². The highest BCUT2D eigenvalue weighted by atomic mass is 16.7. The van der Waals surface area contributed by atoms with Crippen LogP contribution in [0.25, 0.3) is 12.2 Å². The van der Waals surface area contributed by atoms with Gasteiger partial charge < -0.3 is 18.9 Å². The van der Waals surface area contributed by atoms with Crippen LogP contribution in [0.2, 0.25) is 0 Å². The number of benzene rings is 2. The molecule has 0 spiro atoms. The van der Waals surface area contributed by atoms with Gasteiger partial charge in [0.05, 0.1) is 0 Å². The van der Waals surface area contributed by atoms with Gasteiger partial charge in [-0.1, -0.05) is 63.3 Å². The molecule has 4 heteroatoms. The minimum absolute atomic E-state index is 0.158. The summed E-state index contributed by atoms with van der Waals surface area (Å²) in [6.45, 7) is 6.97. The highest BCUT2D eigenvalue weighted by Crippen LogP contribution is 2.29. The molecule has 0 aliphatic heterocycles. The summed E-state index contributed by atoms with van der Waals surface area (Å²) in [5, 5.41) is 0. The van der Waals surface area contributed by atoms with Gasteiger partial charge in [-0.3, -0.25) is 0 Å². The molecule has 0 N–H and O–H groups in total. The smallest absolute Gasteiger partial charge is 0.188 e. The van der Waals surface area contributed by atoms with Crippen LogP contribution >= 0.6 is 0 Å². The molecular weight excluding hydrogens is 328 g/mol. The SMILES string of the molecule is COCOc1ccc(C=Cc2ccc(C(C)(C)C)cc2)cc1OCOC. The van der Waals surface area contributed by atoms with Crippen LogP contribution in [-0.2, 0) is 14.9 Å². The van der Waals surface area contributed by atoms with E-state index < -0.39 is 0 Å². The van der Waals surface area contributed by atoms with E-state index in [4.69, 9.17) is 18.9 Å². The predicted molar refractivity (Wildman–Crippen MR) is 106 cm³/mol. The van der Waals surface area contributed by atoms with Gasteiger partial charge in [0.25, 0.3) is 0 Å². The summed E-state index contributed by atoms with van der Waals surface area (Å²) in [4.78, 5) is 0. The third-order valence-electron chi connectivity index (χ3n) is 3.88. The van der Waals surface area contributed by atoms with Crippen LogP contribution in [-0.4, -0.2) is 27.8 Å². The lowest BCUT2D eigenvalue weighted by atomic mass is 9.87. The van der Waals surface area contributed by atoms with Crippen LogP contribution in [0.4, 0.5) is 0 Å². The maximum atomic E-state index is 5.59. The highest BCUT2D eigenvalue weighted by molar-refractivity contribution is 5.71. The minimum Gasteiger partial charge on any atom is -0.464 e. The van der Waals surface area contributed by atoms with Gasteiger partial charge in [0.15, 0.2) is 25.1 Å². The first kappa shape index (κ1) is 20.0. The Hall–Kier alpha value is -2.30. The summed E-state index contributed by atoms with van der Waals surface area (Å²) >= 11 is 0. The standard InChI is InChI=1S/C22H28O4/c1-22(2,3)19-11-8-17(9-12-19)6-7-18-10-13-20(25-15-23-4)21(14-18)26-16-24-5/h6-14H,15-16H2,1-5H3. The van der Waals surface area contributed by atoms with Crippen molar-refractivity contribution >= 4 is 12.2 Å². The fourth-order valence-corrected chi connectivity index (χ4v) is 2.39. The van der Waals surface area contributed by atoms with Gasteiger partial charge in [-0.05, 0) is 34.2 Å². The zero-order valence-corrected chi connectivity index (χ0v) is 16.2. The van der Waals surface area contributed by atoms with E-state index in [1.165, 1.54) is 5.56 Å². The van der Waals surface area contributed by atoms with E-state index in [0.29, 0.717) is 11.5 Å². The summed E-state index contributed by atoms with van der Waals surface area (Å²) in [6, 6.07) is 14.4. The first-order valence-corrected chi connectivity index (χ1v) is 8.60. The monoisotopic (exact) mass is 356 g/mol. The molecule has 0 aliphatic rings. The van der Waals surface area contributed by atoms with Gasteiger partial charge in [-0.15, -0.1) is 0 Å². The van der Waals surface area contributed by atoms with E-state index >= 15 is 0 Å². The van der Waals surface area contributed by atoms with Crippen LogP contribution in [0.15, 0.2) is 42.5 Å². The molecule has 0 radical (unpaired) electrons. The molecule has 140 valence electrons. The number of hydrogen-bond donors (Lipinski definition) is 0. The van der Waals surface area contributed by atoms with Crippen molar-refractivity contribution in [2.24, 2.45) is 0 Å². The number of hydrogen-bond acceptors (Lipinski definition) is 4. The molecule has 0 bridgehead atoms. The van der Waals surface area contributed by atoms with Crippen molar-refractivity contribution in [3.63, 3.8) is 0 Å². The summed E-state index contributed by atoms with van der Waals surface area (Å²) in [5.74, 6) is 1.24. The topological polar surface area (TPSA) is 36.9 Å². The second-order valence-electron chi connectivity index (χ2n) is 7.01. The molecule has 0 saturated heterocycles. The average Bonchev–Trinajstić information content (AvgIpc) is 2.63.